The second kappa shape index (κ2) is 6.26. The lowest BCUT2D eigenvalue weighted by molar-refractivity contribution is -0.0796. The van der Waals surface area contributed by atoms with Gasteiger partial charge in [-0.05, 0) is 43.2 Å². The topological polar surface area (TPSA) is 85.6 Å². The fourth-order valence-electron chi connectivity index (χ4n) is 2.86. The number of anilines is 1. The summed E-state index contributed by atoms with van der Waals surface area (Å²) in [5.41, 5.74) is 1.69. The highest BCUT2D eigenvalue weighted by Crippen LogP contribution is 2.25. The van der Waals surface area contributed by atoms with Crippen molar-refractivity contribution in [2.45, 2.75) is 31.6 Å². The van der Waals surface area contributed by atoms with Gasteiger partial charge < -0.3 is 19.9 Å². The van der Waals surface area contributed by atoms with Gasteiger partial charge in [-0.1, -0.05) is 0 Å². The van der Waals surface area contributed by atoms with Crippen LogP contribution in [0, 0.1) is 0 Å². The Bertz CT molecular complexity index is 737. The highest BCUT2D eigenvalue weighted by molar-refractivity contribution is 6.02. The van der Waals surface area contributed by atoms with Crippen LogP contribution >= 0.6 is 0 Å². The van der Waals surface area contributed by atoms with E-state index in [0.29, 0.717) is 36.7 Å². The number of aliphatic hydroxyl groups is 1. The van der Waals surface area contributed by atoms with Crippen LogP contribution in [0.2, 0.25) is 0 Å². The molecular formula is C17H19N3O4. The maximum Gasteiger partial charge on any atom is 0.276 e. The van der Waals surface area contributed by atoms with Gasteiger partial charge in [-0.15, -0.1) is 0 Å². The van der Waals surface area contributed by atoms with Crippen molar-refractivity contribution >= 4 is 11.6 Å². The molecule has 2 N–H and O–H groups in total. The number of amides is 1. The number of fused-ring (bicyclic) bond motifs is 1. The van der Waals surface area contributed by atoms with E-state index >= 15 is 0 Å². The molecule has 3 heterocycles. The van der Waals surface area contributed by atoms with Crippen LogP contribution in [0.3, 0.4) is 0 Å². The molecule has 1 saturated heterocycles. The predicted octanol–water partition coefficient (Wildman–Crippen LogP) is 1.74. The van der Waals surface area contributed by atoms with Gasteiger partial charge in [-0.3, -0.25) is 9.48 Å². The van der Waals surface area contributed by atoms with E-state index in [-0.39, 0.29) is 12.0 Å². The Morgan fingerprint density at radius 3 is 2.79 bits per heavy atom. The molecule has 2 aliphatic heterocycles. The van der Waals surface area contributed by atoms with E-state index in [0.717, 1.165) is 18.7 Å². The number of hydrogen-bond acceptors (Lipinski definition) is 5. The third-order valence-corrected chi connectivity index (χ3v) is 4.26. The molecule has 1 unspecified atom stereocenters. The molecule has 0 saturated carbocycles. The van der Waals surface area contributed by atoms with Crippen LogP contribution in [0.4, 0.5) is 5.69 Å². The molecule has 126 valence electrons. The molecule has 1 aromatic heterocycles. The quantitative estimate of drug-likeness (QED) is 0.892. The summed E-state index contributed by atoms with van der Waals surface area (Å²) >= 11 is 0. The summed E-state index contributed by atoms with van der Waals surface area (Å²) in [6.45, 7) is 1.97. The summed E-state index contributed by atoms with van der Waals surface area (Å²) in [7, 11) is 0. The van der Waals surface area contributed by atoms with Gasteiger partial charge in [0.25, 0.3) is 5.91 Å². The van der Waals surface area contributed by atoms with Crippen molar-refractivity contribution in [2.75, 3.05) is 18.5 Å². The van der Waals surface area contributed by atoms with Crippen molar-refractivity contribution < 1.29 is 19.4 Å². The average molecular weight is 329 g/mol. The zero-order valence-electron chi connectivity index (χ0n) is 13.1. The van der Waals surface area contributed by atoms with E-state index in [1.807, 2.05) is 12.1 Å². The average Bonchev–Trinajstić information content (AvgIpc) is 2.98. The zero-order valence-corrected chi connectivity index (χ0v) is 13.1. The van der Waals surface area contributed by atoms with Crippen LogP contribution in [-0.4, -0.2) is 40.1 Å². The van der Waals surface area contributed by atoms with Crippen LogP contribution < -0.4 is 10.1 Å². The van der Waals surface area contributed by atoms with E-state index in [4.69, 9.17) is 9.47 Å². The first kappa shape index (κ1) is 15.2. The lowest BCUT2D eigenvalue weighted by Crippen LogP contribution is -2.38. The number of aliphatic hydroxyl groups excluding tert-OH is 1. The number of carbonyl (C=O) groups excluding carboxylic acids is 1. The fraction of sp³-hybridized carbons (Fsp3) is 0.412. The number of nitrogens with zero attached hydrogens (tertiary/aromatic N) is 2. The van der Waals surface area contributed by atoms with Gasteiger partial charge in [0.15, 0.2) is 5.69 Å². The van der Waals surface area contributed by atoms with Crippen LogP contribution in [0.5, 0.6) is 5.75 Å². The summed E-state index contributed by atoms with van der Waals surface area (Å²) < 4.78 is 12.5. The standard InChI is InChI=1S/C17H19N3O4/c21-16-2-1-7-20-15(16)8-14(19-20)17(22)18-11-3-5-12(6-4-11)24-13-9-23-10-13/h3-6,8,13,16,21H,1-2,7,9-10H2,(H,18,22). The number of aryl methyl sites for hydroxylation is 1. The van der Waals surface area contributed by atoms with Gasteiger partial charge >= 0.3 is 0 Å². The SMILES string of the molecule is O=C(Nc1ccc(OC2COC2)cc1)c1cc2n(n1)CCCC2O. The molecule has 1 atom stereocenters. The Labute approximate surface area is 139 Å². The number of benzene rings is 1. The van der Waals surface area contributed by atoms with E-state index in [1.54, 1.807) is 22.9 Å². The van der Waals surface area contributed by atoms with Crippen molar-refractivity contribution in [3.63, 3.8) is 0 Å². The minimum atomic E-state index is -0.542. The van der Waals surface area contributed by atoms with E-state index in [2.05, 4.69) is 10.4 Å². The van der Waals surface area contributed by atoms with Gasteiger partial charge in [-0.2, -0.15) is 5.10 Å². The molecule has 0 radical (unpaired) electrons. The molecule has 0 bridgehead atoms. The van der Waals surface area contributed by atoms with Crippen molar-refractivity contribution in [3.8, 4) is 5.75 Å². The third-order valence-electron chi connectivity index (χ3n) is 4.26. The van der Waals surface area contributed by atoms with Gasteiger partial charge in [0, 0.05) is 12.2 Å². The lowest BCUT2D eigenvalue weighted by Gasteiger charge is -2.26. The number of aromatic nitrogens is 2. The second-order valence-electron chi connectivity index (χ2n) is 6.09. The molecule has 2 aliphatic rings. The predicted molar refractivity (Wildman–Crippen MR) is 86.1 cm³/mol. The van der Waals surface area contributed by atoms with E-state index in [1.165, 1.54) is 0 Å². The first-order valence-corrected chi connectivity index (χ1v) is 8.11. The molecule has 1 amide bonds. The summed E-state index contributed by atoms with van der Waals surface area (Å²) in [5.74, 6) is 0.465. The molecule has 1 fully saturated rings. The molecule has 1 aromatic carbocycles. The van der Waals surface area contributed by atoms with Gasteiger partial charge in [0.1, 0.15) is 11.9 Å². The number of carbonyl (C=O) groups is 1. The number of nitrogens with one attached hydrogen (secondary N) is 1. The summed E-state index contributed by atoms with van der Waals surface area (Å²) in [5, 5.41) is 17.1. The van der Waals surface area contributed by atoms with Crippen molar-refractivity contribution in [2.24, 2.45) is 0 Å². The lowest BCUT2D eigenvalue weighted by atomic mass is 10.1. The summed E-state index contributed by atoms with van der Waals surface area (Å²) in [6, 6.07) is 8.87. The van der Waals surface area contributed by atoms with Crippen LogP contribution in [0.1, 0.15) is 35.1 Å². The van der Waals surface area contributed by atoms with Crippen molar-refractivity contribution in [1.29, 1.82) is 0 Å². The van der Waals surface area contributed by atoms with Crippen LogP contribution in [0.15, 0.2) is 30.3 Å². The Hall–Kier alpha value is -2.38. The Morgan fingerprint density at radius 2 is 2.12 bits per heavy atom. The molecular weight excluding hydrogens is 310 g/mol. The minimum Gasteiger partial charge on any atom is -0.486 e. The number of hydrogen-bond donors (Lipinski definition) is 2. The largest absolute Gasteiger partial charge is 0.486 e. The van der Waals surface area contributed by atoms with E-state index < -0.39 is 6.10 Å². The van der Waals surface area contributed by atoms with Crippen LogP contribution in [-0.2, 0) is 11.3 Å². The highest BCUT2D eigenvalue weighted by atomic mass is 16.6. The first-order chi connectivity index (χ1) is 11.7. The molecule has 24 heavy (non-hydrogen) atoms. The van der Waals surface area contributed by atoms with Crippen LogP contribution in [0.25, 0.3) is 0 Å². The number of rotatable bonds is 4. The first-order valence-electron chi connectivity index (χ1n) is 8.11. The number of ether oxygens (including phenoxy) is 2. The third kappa shape index (κ3) is 3.00. The molecule has 0 spiro atoms. The minimum absolute atomic E-state index is 0.119. The smallest absolute Gasteiger partial charge is 0.276 e. The molecule has 7 heteroatoms. The van der Waals surface area contributed by atoms with Gasteiger partial charge in [0.05, 0.1) is 25.0 Å². The normalized spacial score (nSPS) is 20.1. The Morgan fingerprint density at radius 1 is 1.33 bits per heavy atom. The molecule has 2 aromatic rings. The Kier molecular flexibility index (Phi) is 3.95. The molecule has 4 rings (SSSR count). The van der Waals surface area contributed by atoms with Crippen molar-refractivity contribution in [1.82, 2.24) is 9.78 Å². The zero-order chi connectivity index (χ0) is 16.5. The summed E-state index contributed by atoms with van der Waals surface area (Å²) in [4.78, 5) is 12.3. The molecule has 0 aliphatic carbocycles. The Balaban J connectivity index is 1.42. The highest BCUT2D eigenvalue weighted by Gasteiger charge is 2.23. The second-order valence-corrected chi connectivity index (χ2v) is 6.09. The molecule has 7 nitrogen and oxygen atoms in total. The summed E-state index contributed by atoms with van der Waals surface area (Å²) in [6.07, 6.45) is 1.15. The van der Waals surface area contributed by atoms with Crippen molar-refractivity contribution in [3.05, 3.63) is 41.7 Å². The monoisotopic (exact) mass is 329 g/mol. The van der Waals surface area contributed by atoms with Gasteiger partial charge in [0.2, 0.25) is 0 Å². The maximum atomic E-state index is 12.3. The van der Waals surface area contributed by atoms with E-state index in [9.17, 15) is 9.90 Å². The fourth-order valence-corrected chi connectivity index (χ4v) is 2.86. The van der Waals surface area contributed by atoms with Gasteiger partial charge in [-0.25, -0.2) is 0 Å². The maximum absolute atomic E-state index is 12.3.